The van der Waals surface area contributed by atoms with Gasteiger partial charge >= 0.3 is 5.97 Å². The van der Waals surface area contributed by atoms with Gasteiger partial charge in [-0.2, -0.15) is 11.8 Å². The van der Waals surface area contributed by atoms with Gasteiger partial charge in [-0.3, -0.25) is 9.69 Å². The topological polar surface area (TPSA) is 76.1 Å². The van der Waals surface area contributed by atoms with Crippen molar-refractivity contribution in [1.82, 2.24) is 4.90 Å². The van der Waals surface area contributed by atoms with E-state index >= 15 is 0 Å². The number of rotatable bonds is 6. The molecule has 0 radical (unpaired) electrons. The molecule has 25 heavy (non-hydrogen) atoms. The van der Waals surface area contributed by atoms with Crippen molar-refractivity contribution < 1.29 is 24.2 Å². The van der Waals surface area contributed by atoms with Crippen LogP contribution in [0.1, 0.15) is 12.0 Å². The molecule has 0 saturated carbocycles. The molecule has 1 N–H and O–H groups in total. The van der Waals surface area contributed by atoms with Crippen LogP contribution in [-0.4, -0.2) is 51.0 Å². The molecule has 0 aromatic heterocycles. The number of carbonyl (C=O) groups excluding carboxylic acids is 1. The van der Waals surface area contributed by atoms with Gasteiger partial charge in [0.2, 0.25) is 6.79 Å². The smallest absolute Gasteiger partial charge is 0.326 e. The van der Waals surface area contributed by atoms with Crippen molar-refractivity contribution in [2.45, 2.75) is 12.5 Å². The first-order chi connectivity index (χ1) is 12.0. The molecule has 1 atom stereocenters. The fraction of sp³-hybridized carbons (Fsp3) is 0.312. The summed E-state index contributed by atoms with van der Waals surface area (Å²) in [6, 6.07) is 4.41. The molecule has 0 aliphatic carbocycles. The van der Waals surface area contributed by atoms with E-state index in [-0.39, 0.29) is 17.0 Å². The fourth-order valence-electron chi connectivity index (χ4n) is 2.50. The molecule has 1 aromatic carbocycles. The van der Waals surface area contributed by atoms with Crippen LogP contribution in [0.3, 0.4) is 0 Å². The van der Waals surface area contributed by atoms with Crippen LogP contribution in [-0.2, 0) is 9.59 Å². The van der Waals surface area contributed by atoms with Crippen molar-refractivity contribution in [1.29, 1.82) is 0 Å². The molecule has 9 heteroatoms. The first kappa shape index (κ1) is 18.1. The number of fused-ring (bicyclic) bond motifs is 1. The lowest BCUT2D eigenvalue weighted by Gasteiger charge is -2.22. The minimum Gasteiger partial charge on any atom is -0.480 e. The molecule has 1 saturated heterocycles. The van der Waals surface area contributed by atoms with E-state index < -0.39 is 12.0 Å². The van der Waals surface area contributed by atoms with E-state index in [1.165, 1.54) is 16.7 Å². The van der Waals surface area contributed by atoms with Gasteiger partial charge in [-0.1, -0.05) is 30.0 Å². The van der Waals surface area contributed by atoms with Crippen LogP contribution in [0.25, 0.3) is 6.08 Å². The molecule has 0 bridgehead atoms. The maximum absolute atomic E-state index is 12.7. The number of amides is 1. The van der Waals surface area contributed by atoms with E-state index in [9.17, 15) is 14.7 Å². The van der Waals surface area contributed by atoms with Gasteiger partial charge in [-0.15, -0.1) is 0 Å². The lowest BCUT2D eigenvalue weighted by atomic mass is 10.1. The summed E-state index contributed by atoms with van der Waals surface area (Å²) in [6.07, 6.45) is 3.93. The van der Waals surface area contributed by atoms with Crippen LogP contribution in [0, 0.1) is 0 Å². The zero-order chi connectivity index (χ0) is 18.0. The highest BCUT2D eigenvalue weighted by molar-refractivity contribution is 8.26. The first-order valence-electron chi connectivity index (χ1n) is 7.39. The molecule has 6 nitrogen and oxygen atoms in total. The van der Waals surface area contributed by atoms with Crippen LogP contribution in [0.2, 0.25) is 0 Å². The molecule has 1 fully saturated rings. The van der Waals surface area contributed by atoms with Crippen molar-refractivity contribution in [2.75, 3.05) is 18.8 Å². The Balaban J connectivity index is 1.83. The molecule has 3 rings (SSSR count). The first-order valence-corrected chi connectivity index (χ1v) is 10.0. The summed E-state index contributed by atoms with van der Waals surface area (Å²) >= 11 is 7.90. The number of ether oxygens (including phenoxy) is 2. The minimum atomic E-state index is -1.05. The van der Waals surface area contributed by atoms with E-state index in [1.54, 1.807) is 18.2 Å². The van der Waals surface area contributed by atoms with Crippen molar-refractivity contribution in [2.24, 2.45) is 0 Å². The predicted molar refractivity (Wildman–Crippen MR) is 102 cm³/mol. The van der Waals surface area contributed by atoms with Crippen molar-refractivity contribution in [3.63, 3.8) is 0 Å². The van der Waals surface area contributed by atoms with E-state index in [0.717, 1.165) is 17.3 Å². The largest absolute Gasteiger partial charge is 0.480 e. The number of carbonyl (C=O) groups is 2. The molecular formula is C16H15NO5S3. The molecule has 0 spiro atoms. The fourth-order valence-corrected chi connectivity index (χ4v) is 4.31. The highest BCUT2D eigenvalue weighted by atomic mass is 32.2. The van der Waals surface area contributed by atoms with Crippen LogP contribution < -0.4 is 9.47 Å². The number of benzene rings is 1. The molecule has 2 heterocycles. The van der Waals surface area contributed by atoms with E-state index in [0.29, 0.717) is 28.6 Å². The number of thiocarbonyl (C=S) groups is 1. The average molecular weight is 397 g/mol. The third-order valence-electron chi connectivity index (χ3n) is 3.71. The zero-order valence-electron chi connectivity index (χ0n) is 13.3. The van der Waals surface area contributed by atoms with Crippen molar-refractivity contribution >= 4 is 58.0 Å². The van der Waals surface area contributed by atoms with Crippen molar-refractivity contribution in [3.05, 3.63) is 28.7 Å². The Bertz CT molecular complexity index is 764. The Labute approximate surface area is 158 Å². The highest BCUT2D eigenvalue weighted by Gasteiger charge is 2.40. The normalized spacial score (nSPS) is 18.9. The molecule has 1 unspecified atom stereocenters. The number of hydrogen-bond donors (Lipinski definition) is 1. The second kappa shape index (κ2) is 7.67. The van der Waals surface area contributed by atoms with Crippen LogP contribution >= 0.6 is 35.7 Å². The lowest BCUT2D eigenvalue weighted by molar-refractivity contribution is -0.145. The second-order valence-electron chi connectivity index (χ2n) is 5.30. The Morgan fingerprint density at radius 2 is 2.24 bits per heavy atom. The number of aliphatic carboxylic acids is 1. The Morgan fingerprint density at radius 1 is 1.48 bits per heavy atom. The molecule has 2 aliphatic heterocycles. The minimum absolute atomic E-state index is 0.177. The third-order valence-corrected chi connectivity index (χ3v) is 5.68. The predicted octanol–water partition coefficient (Wildman–Crippen LogP) is 2.82. The Hall–Kier alpha value is -1.71. The van der Waals surface area contributed by atoms with Gasteiger partial charge in [0, 0.05) is 0 Å². The van der Waals surface area contributed by atoms with Gasteiger partial charge < -0.3 is 14.6 Å². The standard InChI is InChI=1S/C16H15NO5S3/c1-24-5-4-10(15(19)20)17-14(18)13(25-16(17)23)7-9-2-3-11-12(6-9)22-8-21-11/h2-3,6-7,10H,4-5,8H2,1H3,(H,19,20)/b13-7-. The zero-order valence-corrected chi connectivity index (χ0v) is 15.7. The monoisotopic (exact) mass is 397 g/mol. The number of thioether (sulfide) groups is 2. The van der Waals surface area contributed by atoms with Crippen LogP contribution in [0.5, 0.6) is 11.5 Å². The van der Waals surface area contributed by atoms with Gasteiger partial charge in [-0.25, -0.2) is 4.79 Å². The lowest BCUT2D eigenvalue weighted by Crippen LogP contribution is -2.44. The summed E-state index contributed by atoms with van der Waals surface area (Å²) in [5.74, 6) is 0.492. The van der Waals surface area contributed by atoms with Gasteiger partial charge in [0.1, 0.15) is 10.4 Å². The third kappa shape index (κ3) is 3.78. The van der Waals surface area contributed by atoms with E-state index in [2.05, 4.69) is 0 Å². The SMILES string of the molecule is CSCCC(C(=O)O)N1C(=O)/C(=C/c2ccc3c(c2)OCO3)SC1=S. The molecule has 2 aliphatic rings. The summed E-state index contributed by atoms with van der Waals surface area (Å²) in [4.78, 5) is 25.8. The average Bonchev–Trinajstić information content (AvgIpc) is 3.14. The highest BCUT2D eigenvalue weighted by Crippen LogP contribution is 2.37. The maximum atomic E-state index is 12.7. The van der Waals surface area contributed by atoms with Gasteiger partial charge in [-0.05, 0) is 42.2 Å². The number of carboxylic acids is 1. The summed E-state index contributed by atoms with van der Waals surface area (Å²) < 4.78 is 10.9. The molecule has 1 amide bonds. The molecular weight excluding hydrogens is 382 g/mol. The van der Waals surface area contributed by atoms with Gasteiger partial charge in [0.05, 0.1) is 4.91 Å². The quantitative estimate of drug-likeness (QED) is 0.580. The Morgan fingerprint density at radius 3 is 2.96 bits per heavy atom. The maximum Gasteiger partial charge on any atom is 0.326 e. The van der Waals surface area contributed by atoms with Crippen LogP contribution in [0.15, 0.2) is 23.1 Å². The number of carboxylic acid groups (broad SMARTS) is 1. The summed E-state index contributed by atoms with van der Waals surface area (Å²) in [7, 11) is 0. The summed E-state index contributed by atoms with van der Waals surface area (Å²) in [5, 5.41) is 9.46. The second-order valence-corrected chi connectivity index (χ2v) is 7.96. The van der Waals surface area contributed by atoms with Gasteiger partial charge in [0.25, 0.3) is 5.91 Å². The Kier molecular flexibility index (Phi) is 5.55. The van der Waals surface area contributed by atoms with Crippen LogP contribution in [0.4, 0.5) is 0 Å². The summed E-state index contributed by atoms with van der Waals surface area (Å²) in [6.45, 7) is 0.177. The number of nitrogens with zero attached hydrogens (tertiary/aromatic N) is 1. The molecule has 1 aromatic rings. The van der Waals surface area contributed by atoms with Gasteiger partial charge in [0.15, 0.2) is 11.5 Å². The van der Waals surface area contributed by atoms with Crippen molar-refractivity contribution in [3.8, 4) is 11.5 Å². The summed E-state index contributed by atoms with van der Waals surface area (Å²) in [5.41, 5.74) is 0.765. The number of hydrogen-bond acceptors (Lipinski definition) is 7. The van der Waals surface area contributed by atoms with E-state index in [4.69, 9.17) is 21.7 Å². The molecule has 132 valence electrons. The van der Waals surface area contributed by atoms with E-state index in [1.807, 2.05) is 12.3 Å².